The first-order valence-corrected chi connectivity index (χ1v) is 15.8. The number of carboxylic acids is 1. The number of rotatable bonds is 10. The van der Waals surface area contributed by atoms with Gasteiger partial charge in [0.05, 0.1) is 30.3 Å². The lowest BCUT2D eigenvalue weighted by Gasteiger charge is -2.37. The molecule has 1 aliphatic heterocycles. The van der Waals surface area contributed by atoms with Crippen LogP contribution in [0.1, 0.15) is 75.5 Å². The molecule has 4 rings (SSSR count). The highest BCUT2D eigenvalue weighted by Crippen LogP contribution is 2.37. The van der Waals surface area contributed by atoms with Gasteiger partial charge in [0.25, 0.3) is 5.91 Å². The minimum absolute atomic E-state index is 0.0147. The molecule has 1 atom stereocenters. The number of alkyl halides is 3. The van der Waals surface area contributed by atoms with Crippen molar-refractivity contribution in [2.45, 2.75) is 84.9 Å². The maximum absolute atomic E-state index is 13.9. The maximum Gasteiger partial charge on any atom is 0.494 e. The molecular weight excluding hydrogens is 640 g/mol. The lowest BCUT2D eigenvalue weighted by atomic mass is 9.79. The fourth-order valence-corrected chi connectivity index (χ4v) is 5.55. The molecule has 1 fully saturated rings. The van der Waals surface area contributed by atoms with E-state index in [0.29, 0.717) is 5.56 Å². The van der Waals surface area contributed by atoms with E-state index >= 15 is 0 Å². The Balaban J connectivity index is 1.53. The summed E-state index contributed by atoms with van der Waals surface area (Å²) in [5.74, 6) is -2.40. The molecular formula is C36H42BF3N2O7. The molecule has 3 aromatic rings. The Bertz CT molecular complexity index is 1670. The summed E-state index contributed by atoms with van der Waals surface area (Å²) in [4.78, 5) is 40.5. The van der Waals surface area contributed by atoms with E-state index in [9.17, 15) is 32.7 Å². The van der Waals surface area contributed by atoms with Crippen LogP contribution in [-0.2, 0) is 38.0 Å². The molecule has 2 N–H and O–H groups in total. The SMILES string of the molecule is COc1ccc(CC(=O)Nc2ccc(C(=O)N(Cc3ccc(B4OC(C)(C)C(C)(C)O4)cc3)C(C(=O)O)C(C)(C)C)cc2)c(C(F)(F)F)c1. The third-order valence-corrected chi connectivity index (χ3v) is 8.87. The van der Waals surface area contributed by atoms with Crippen molar-refractivity contribution in [2.24, 2.45) is 5.41 Å². The van der Waals surface area contributed by atoms with Crippen molar-refractivity contribution in [3.63, 3.8) is 0 Å². The molecule has 1 heterocycles. The predicted octanol–water partition coefficient (Wildman–Crippen LogP) is 6.34. The second kappa shape index (κ2) is 13.9. The summed E-state index contributed by atoms with van der Waals surface area (Å²) in [5.41, 5.74) is -1.20. The first-order valence-electron chi connectivity index (χ1n) is 15.8. The minimum Gasteiger partial charge on any atom is -0.497 e. The van der Waals surface area contributed by atoms with E-state index in [0.717, 1.165) is 11.5 Å². The summed E-state index contributed by atoms with van der Waals surface area (Å²) in [5, 5.41) is 12.8. The predicted molar refractivity (Wildman–Crippen MR) is 180 cm³/mol. The van der Waals surface area contributed by atoms with Gasteiger partial charge in [-0.05, 0) is 86.1 Å². The molecule has 0 spiro atoms. The summed E-state index contributed by atoms with van der Waals surface area (Å²) >= 11 is 0. The standard InChI is InChI=1S/C36H42BF3N2O7/c1-33(2,3)30(32(45)46)42(21-22-9-14-25(15-10-22)37-48-34(4,5)35(6,7)49-37)31(44)23-11-16-26(17-12-23)41-29(43)19-24-13-18-27(47-8)20-28(24)36(38,39)40/h9-18,20,30H,19,21H2,1-8H3,(H,41,43)(H,45,46). The molecule has 9 nitrogen and oxygen atoms in total. The molecule has 13 heteroatoms. The van der Waals surface area contributed by atoms with E-state index in [1.165, 1.54) is 48.4 Å². The van der Waals surface area contributed by atoms with Gasteiger partial charge in [-0.1, -0.05) is 51.1 Å². The van der Waals surface area contributed by atoms with Crippen LogP contribution in [0.3, 0.4) is 0 Å². The summed E-state index contributed by atoms with van der Waals surface area (Å²) in [6.07, 6.45) is -5.24. The molecule has 3 aromatic carbocycles. The topological polar surface area (TPSA) is 114 Å². The molecule has 262 valence electrons. The third kappa shape index (κ3) is 8.63. The number of halogens is 3. The summed E-state index contributed by atoms with van der Waals surface area (Å²) in [6, 6.07) is 15.2. The van der Waals surface area contributed by atoms with Crippen LogP contribution in [0, 0.1) is 5.41 Å². The van der Waals surface area contributed by atoms with Crippen LogP contribution in [-0.4, -0.2) is 59.3 Å². The van der Waals surface area contributed by atoms with Gasteiger partial charge in [-0.15, -0.1) is 0 Å². The quantitative estimate of drug-likeness (QED) is 0.240. The van der Waals surface area contributed by atoms with E-state index in [4.69, 9.17) is 14.0 Å². The number of anilines is 1. The number of carboxylic acid groups (broad SMARTS) is 1. The summed E-state index contributed by atoms with van der Waals surface area (Å²) in [7, 11) is 0.668. The molecule has 1 saturated heterocycles. The third-order valence-electron chi connectivity index (χ3n) is 8.87. The summed E-state index contributed by atoms with van der Waals surface area (Å²) < 4.78 is 58.0. The van der Waals surface area contributed by atoms with Gasteiger partial charge in [-0.3, -0.25) is 9.59 Å². The van der Waals surface area contributed by atoms with Crippen LogP contribution in [0.15, 0.2) is 66.7 Å². The second-order valence-electron chi connectivity index (χ2n) is 14.2. The van der Waals surface area contributed by atoms with Gasteiger partial charge in [0.2, 0.25) is 5.91 Å². The van der Waals surface area contributed by atoms with Gasteiger partial charge in [0.15, 0.2) is 0 Å². The van der Waals surface area contributed by atoms with E-state index in [2.05, 4.69) is 5.32 Å². The van der Waals surface area contributed by atoms with Crippen molar-refractivity contribution < 1.29 is 46.7 Å². The van der Waals surface area contributed by atoms with Crippen LogP contribution in [0.5, 0.6) is 5.75 Å². The fourth-order valence-electron chi connectivity index (χ4n) is 5.55. The molecule has 0 radical (unpaired) electrons. The number of carbonyl (C=O) groups excluding carboxylic acids is 2. The zero-order valence-corrected chi connectivity index (χ0v) is 28.9. The van der Waals surface area contributed by atoms with Gasteiger partial charge in [-0.2, -0.15) is 13.2 Å². The average Bonchev–Trinajstić information content (AvgIpc) is 3.22. The Morgan fingerprint density at radius 1 is 0.918 bits per heavy atom. The molecule has 1 aliphatic rings. The van der Waals surface area contributed by atoms with Crippen LogP contribution < -0.4 is 15.5 Å². The van der Waals surface area contributed by atoms with Gasteiger partial charge in [0.1, 0.15) is 11.8 Å². The number of aliphatic carboxylic acids is 1. The number of amides is 2. The number of nitrogens with one attached hydrogen (secondary N) is 1. The van der Waals surface area contributed by atoms with Crippen molar-refractivity contribution in [1.29, 1.82) is 0 Å². The van der Waals surface area contributed by atoms with Crippen molar-refractivity contribution >= 4 is 36.1 Å². The smallest absolute Gasteiger partial charge is 0.494 e. The van der Waals surface area contributed by atoms with Crippen LogP contribution in [0.4, 0.5) is 18.9 Å². The molecule has 1 unspecified atom stereocenters. The van der Waals surface area contributed by atoms with Gasteiger partial charge >= 0.3 is 19.3 Å². The number of ether oxygens (including phenoxy) is 1. The molecule has 0 saturated carbocycles. The molecule has 49 heavy (non-hydrogen) atoms. The van der Waals surface area contributed by atoms with Crippen LogP contribution in [0.25, 0.3) is 0 Å². The highest BCUT2D eigenvalue weighted by atomic mass is 19.4. The lowest BCUT2D eigenvalue weighted by Crippen LogP contribution is -2.51. The van der Waals surface area contributed by atoms with Crippen molar-refractivity contribution in [2.75, 3.05) is 12.4 Å². The van der Waals surface area contributed by atoms with Gasteiger partial charge < -0.3 is 29.4 Å². The van der Waals surface area contributed by atoms with Crippen LogP contribution >= 0.6 is 0 Å². The number of benzene rings is 3. The Morgan fingerprint density at radius 2 is 1.49 bits per heavy atom. The zero-order chi connectivity index (χ0) is 36.5. The highest BCUT2D eigenvalue weighted by Gasteiger charge is 2.51. The number of nitrogens with zero attached hydrogens (tertiary/aromatic N) is 1. The fraction of sp³-hybridized carbons (Fsp3) is 0.417. The van der Waals surface area contributed by atoms with Crippen molar-refractivity contribution in [3.8, 4) is 5.75 Å². The number of hydrogen-bond donors (Lipinski definition) is 2. The molecule has 0 aromatic heterocycles. The highest BCUT2D eigenvalue weighted by molar-refractivity contribution is 6.62. The monoisotopic (exact) mass is 682 g/mol. The van der Waals surface area contributed by atoms with E-state index in [1.807, 2.05) is 39.8 Å². The number of hydrogen-bond acceptors (Lipinski definition) is 6. The second-order valence-corrected chi connectivity index (χ2v) is 14.2. The first kappa shape index (κ1) is 37.5. The summed E-state index contributed by atoms with van der Waals surface area (Å²) in [6.45, 7) is 13.0. The van der Waals surface area contributed by atoms with E-state index in [-0.39, 0.29) is 29.1 Å². The van der Waals surface area contributed by atoms with Crippen molar-refractivity contribution in [1.82, 2.24) is 4.90 Å². The van der Waals surface area contributed by atoms with Crippen LogP contribution in [0.2, 0.25) is 0 Å². The minimum atomic E-state index is -4.69. The lowest BCUT2D eigenvalue weighted by molar-refractivity contribution is -0.146. The Hall–Kier alpha value is -4.36. The average molecular weight is 683 g/mol. The molecule has 2 amide bonds. The van der Waals surface area contributed by atoms with E-state index < -0.39 is 65.7 Å². The molecule has 0 bridgehead atoms. The Morgan fingerprint density at radius 3 is 1.98 bits per heavy atom. The Labute approximate surface area is 284 Å². The number of carbonyl (C=O) groups is 3. The van der Waals surface area contributed by atoms with Gasteiger partial charge in [-0.25, -0.2) is 4.79 Å². The number of methoxy groups -OCH3 is 1. The zero-order valence-electron chi connectivity index (χ0n) is 28.9. The Kier molecular flexibility index (Phi) is 10.6. The molecule has 0 aliphatic carbocycles. The van der Waals surface area contributed by atoms with E-state index in [1.54, 1.807) is 32.9 Å². The van der Waals surface area contributed by atoms with Crippen molar-refractivity contribution in [3.05, 3.63) is 89.0 Å². The largest absolute Gasteiger partial charge is 0.497 e. The maximum atomic E-state index is 13.9. The normalized spacial score (nSPS) is 16.2. The van der Waals surface area contributed by atoms with Gasteiger partial charge in [0, 0.05) is 17.8 Å². The first-order chi connectivity index (χ1) is 22.6.